The van der Waals surface area contributed by atoms with Crippen molar-refractivity contribution in [1.29, 1.82) is 0 Å². The Hall–Kier alpha value is -2.12. The first-order valence-corrected chi connectivity index (χ1v) is 11.2. The number of benzene rings is 1. The lowest BCUT2D eigenvalue weighted by molar-refractivity contribution is 0.294. The molecule has 0 aliphatic heterocycles. The van der Waals surface area contributed by atoms with Crippen molar-refractivity contribution in [3.05, 3.63) is 42.0 Å². The number of unbranched alkanes of at least 4 members (excludes halogenated alkanes) is 3. The molecule has 1 aliphatic rings. The lowest BCUT2D eigenvalue weighted by Crippen LogP contribution is -2.13. The summed E-state index contributed by atoms with van der Waals surface area (Å²) in [5, 5.41) is 0. The molecule has 0 N–H and O–H groups in total. The van der Waals surface area contributed by atoms with Crippen LogP contribution in [0, 0.1) is 35.5 Å². The van der Waals surface area contributed by atoms with Gasteiger partial charge in [-0.25, -0.2) is 0 Å². The SMILES string of the molecule is CCCCCCC1CCC(C#CC=CC#Cc2ccc(OCCC)cc2)CC1. The minimum Gasteiger partial charge on any atom is -0.494 e. The summed E-state index contributed by atoms with van der Waals surface area (Å²) >= 11 is 0. The molecule has 0 radical (unpaired) electrons. The molecule has 1 saturated carbocycles. The zero-order valence-electron chi connectivity index (χ0n) is 17.8. The number of hydrogen-bond acceptors (Lipinski definition) is 1. The van der Waals surface area contributed by atoms with E-state index in [1.165, 1.54) is 57.8 Å². The van der Waals surface area contributed by atoms with Crippen molar-refractivity contribution in [3.63, 3.8) is 0 Å². The lowest BCUT2D eigenvalue weighted by atomic mass is 9.80. The highest BCUT2D eigenvalue weighted by Crippen LogP contribution is 2.31. The average Bonchev–Trinajstić information content (AvgIpc) is 2.74. The van der Waals surface area contributed by atoms with E-state index in [1.54, 1.807) is 0 Å². The zero-order chi connectivity index (χ0) is 19.9. The first-order valence-electron chi connectivity index (χ1n) is 11.2. The van der Waals surface area contributed by atoms with Gasteiger partial charge in [-0.2, -0.15) is 0 Å². The molecule has 1 fully saturated rings. The van der Waals surface area contributed by atoms with Crippen molar-refractivity contribution in [2.24, 2.45) is 11.8 Å². The Morgan fingerprint density at radius 3 is 2.36 bits per heavy atom. The number of rotatable bonds is 8. The Morgan fingerprint density at radius 1 is 0.893 bits per heavy atom. The maximum Gasteiger partial charge on any atom is 0.119 e. The van der Waals surface area contributed by atoms with Crippen LogP contribution >= 0.6 is 0 Å². The molecule has 1 aromatic carbocycles. The summed E-state index contributed by atoms with van der Waals surface area (Å²) in [6.45, 7) is 5.15. The maximum atomic E-state index is 5.58. The van der Waals surface area contributed by atoms with Gasteiger partial charge in [-0.15, -0.1) is 0 Å². The Morgan fingerprint density at radius 2 is 1.64 bits per heavy atom. The van der Waals surface area contributed by atoms with Gasteiger partial charge in [0.05, 0.1) is 6.61 Å². The van der Waals surface area contributed by atoms with Crippen LogP contribution in [0.25, 0.3) is 0 Å². The molecule has 0 atom stereocenters. The monoisotopic (exact) mass is 376 g/mol. The van der Waals surface area contributed by atoms with Crippen LogP contribution in [-0.2, 0) is 0 Å². The van der Waals surface area contributed by atoms with E-state index in [9.17, 15) is 0 Å². The molecule has 0 amide bonds. The molecule has 150 valence electrons. The second kappa shape index (κ2) is 14.0. The van der Waals surface area contributed by atoms with Crippen LogP contribution < -0.4 is 4.74 Å². The van der Waals surface area contributed by atoms with Gasteiger partial charge in [0.1, 0.15) is 5.75 Å². The van der Waals surface area contributed by atoms with Crippen molar-refractivity contribution in [3.8, 4) is 29.4 Å². The van der Waals surface area contributed by atoms with E-state index in [-0.39, 0.29) is 0 Å². The predicted molar refractivity (Wildman–Crippen MR) is 120 cm³/mol. The van der Waals surface area contributed by atoms with E-state index >= 15 is 0 Å². The molecule has 1 aromatic rings. The Kier molecular flexibility index (Phi) is 11.1. The van der Waals surface area contributed by atoms with Crippen LogP contribution in [0.5, 0.6) is 5.75 Å². The highest BCUT2D eigenvalue weighted by Gasteiger charge is 2.19. The second-order valence-electron chi connectivity index (χ2n) is 7.83. The van der Waals surface area contributed by atoms with Gasteiger partial charge < -0.3 is 4.74 Å². The smallest absolute Gasteiger partial charge is 0.119 e. The van der Waals surface area contributed by atoms with E-state index in [0.29, 0.717) is 5.92 Å². The molecule has 0 heterocycles. The zero-order valence-corrected chi connectivity index (χ0v) is 17.8. The van der Waals surface area contributed by atoms with E-state index < -0.39 is 0 Å². The van der Waals surface area contributed by atoms with E-state index in [0.717, 1.165) is 30.3 Å². The molecule has 2 rings (SSSR count). The molecule has 1 aliphatic carbocycles. The van der Waals surface area contributed by atoms with Crippen LogP contribution in [0.4, 0.5) is 0 Å². The summed E-state index contributed by atoms with van der Waals surface area (Å²) in [5.41, 5.74) is 0.999. The van der Waals surface area contributed by atoms with Crippen molar-refractivity contribution in [2.45, 2.75) is 78.1 Å². The average molecular weight is 377 g/mol. The third kappa shape index (κ3) is 9.19. The summed E-state index contributed by atoms with van der Waals surface area (Å²) in [4.78, 5) is 0. The standard InChI is InChI=1S/C27H36O/c1-3-5-6-9-12-24-15-17-25(18-16-24)13-10-7-8-11-14-26-19-21-27(22-20-26)28-23-4-2/h7-8,19-22,24-25H,3-6,9,12,15-18,23H2,1-2H3. The van der Waals surface area contributed by atoms with Gasteiger partial charge in [0.2, 0.25) is 0 Å². The maximum absolute atomic E-state index is 5.58. The van der Waals surface area contributed by atoms with Gasteiger partial charge in [0.15, 0.2) is 0 Å². The predicted octanol–water partition coefficient (Wildman–Crippen LogP) is 7.16. The Bertz CT molecular complexity index is 682. The van der Waals surface area contributed by atoms with Gasteiger partial charge in [0.25, 0.3) is 0 Å². The third-order valence-corrected chi connectivity index (χ3v) is 5.39. The molecule has 0 unspecified atom stereocenters. The van der Waals surface area contributed by atoms with Crippen molar-refractivity contribution >= 4 is 0 Å². The topological polar surface area (TPSA) is 9.23 Å². The fraction of sp³-hybridized carbons (Fsp3) is 0.556. The first kappa shape index (κ1) is 22.2. The third-order valence-electron chi connectivity index (χ3n) is 5.39. The fourth-order valence-electron chi connectivity index (χ4n) is 3.68. The molecular weight excluding hydrogens is 340 g/mol. The largest absolute Gasteiger partial charge is 0.494 e. The Labute approximate surface area is 173 Å². The molecule has 1 nitrogen and oxygen atoms in total. The molecule has 0 saturated heterocycles. The number of ether oxygens (including phenoxy) is 1. The molecule has 0 spiro atoms. The van der Waals surface area contributed by atoms with E-state index in [4.69, 9.17) is 4.74 Å². The van der Waals surface area contributed by atoms with Crippen LogP contribution in [-0.4, -0.2) is 6.61 Å². The lowest BCUT2D eigenvalue weighted by Gasteiger charge is -2.25. The van der Waals surface area contributed by atoms with Crippen LogP contribution in [0.15, 0.2) is 36.4 Å². The van der Waals surface area contributed by atoms with Crippen LogP contribution in [0.2, 0.25) is 0 Å². The fourth-order valence-corrected chi connectivity index (χ4v) is 3.68. The van der Waals surface area contributed by atoms with Crippen molar-refractivity contribution < 1.29 is 4.74 Å². The highest BCUT2D eigenvalue weighted by molar-refractivity contribution is 5.40. The summed E-state index contributed by atoms with van der Waals surface area (Å²) in [5.74, 6) is 15.3. The molecule has 0 bridgehead atoms. The minimum atomic E-state index is 0.583. The Balaban J connectivity index is 1.67. The highest BCUT2D eigenvalue weighted by atomic mass is 16.5. The van der Waals surface area contributed by atoms with Gasteiger partial charge >= 0.3 is 0 Å². The number of allylic oxidation sites excluding steroid dienone is 2. The summed E-state index contributed by atoms with van der Waals surface area (Å²) in [6, 6.07) is 7.95. The second-order valence-corrected chi connectivity index (χ2v) is 7.83. The molecule has 0 aromatic heterocycles. The minimum absolute atomic E-state index is 0.583. The molecular formula is C27H36O. The van der Waals surface area contributed by atoms with Crippen molar-refractivity contribution in [2.75, 3.05) is 6.61 Å². The summed E-state index contributed by atoms with van der Waals surface area (Å²) in [7, 11) is 0. The van der Waals surface area contributed by atoms with E-state index in [1.807, 2.05) is 36.4 Å². The van der Waals surface area contributed by atoms with Crippen LogP contribution in [0.1, 0.15) is 83.6 Å². The van der Waals surface area contributed by atoms with E-state index in [2.05, 4.69) is 37.5 Å². The van der Waals surface area contributed by atoms with Gasteiger partial charge in [-0.1, -0.05) is 69.6 Å². The molecule has 28 heavy (non-hydrogen) atoms. The van der Waals surface area contributed by atoms with Gasteiger partial charge in [0, 0.05) is 11.5 Å². The van der Waals surface area contributed by atoms with Gasteiger partial charge in [-0.05, 0) is 74.4 Å². The summed E-state index contributed by atoms with van der Waals surface area (Å²) in [6.07, 6.45) is 17.1. The summed E-state index contributed by atoms with van der Waals surface area (Å²) < 4.78 is 5.58. The molecule has 1 heteroatoms. The number of hydrogen-bond donors (Lipinski definition) is 0. The normalized spacial score (nSPS) is 18.8. The van der Waals surface area contributed by atoms with Gasteiger partial charge in [-0.3, -0.25) is 0 Å². The van der Waals surface area contributed by atoms with Crippen LogP contribution in [0.3, 0.4) is 0 Å². The first-order chi connectivity index (χ1) is 13.8. The van der Waals surface area contributed by atoms with Crippen molar-refractivity contribution in [1.82, 2.24) is 0 Å². The quantitative estimate of drug-likeness (QED) is 0.345.